The van der Waals surface area contributed by atoms with Gasteiger partial charge in [0.05, 0.1) is 29.7 Å². The van der Waals surface area contributed by atoms with Crippen molar-refractivity contribution in [3.8, 4) is 5.75 Å². The Labute approximate surface area is 113 Å². The third-order valence-electron chi connectivity index (χ3n) is 2.24. The normalized spacial score (nSPS) is 10.8. The summed E-state index contributed by atoms with van der Waals surface area (Å²) in [5, 5.41) is 10.5. The summed E-state index contributed by atoms with van der Waals surface area (Å²) in [6.07, 6.45) is 3.22. The van der Waals surface area contributed by atoms with E-state index in [0.717, 1.165) is 21.5 Å². The molecule has 1 aromatic carbocycles. The number of hydrogen-bond acceptors (Lipinski definition) is 4. The molecule has 0 bridgehead atoms. The molecule has 2 rings (SSSR count). The number of rotatable bonds is 5. The molecule has 0 fully saturated rings. The molecular weight excluding hydrogens is 298 g/mol. The summed E-state index contributed by atoms with van der Waals surface area (Å²) in [5.74, 6) is 0.802. The number of halogens is 1. The van der Waals surface area contributed by atoms with Crippen LogP contribution in [-0.4, -0.2) is 23.5 Å². The van der Waals surface area contributed by atoms with Gasteiger partial charge in [0.2, 0.25) is 0 Å². The van der Waals surface area contributed by atoms with E-state index in [1.165, 1.54) is 0 Å². The maximum Gasteiger partial charge on any atom is 0.142 e. The lowest BCUT2D eigenvalue weighted by atomic mass is 10.2. The first-order valence-electron chi connectivity index (χ1n) is 5.26. The minimum absolute atomic E-state index is 0.388. The van der Waals surface area contributed by atoms with E-state index in [-0.39, 0.29) is 0 Å². The van der Waals surface area contributed by atoms with Crippen LogP contribution in [0, 0.1) is 0 Å². The van der Waals surface area contributed by atoms with Gasteiger partial charge in [-0.1, -0.05) is 17.3 Å². The van der Waals surface area contributed by atoms with Gasteiger partial charge >= 0.3 is 0 Å². The lowest BCUT2D eigenvalue weighted by molar-refractivity contribution is 0.132. The molecule has 94 valence electrons. The average Bonchev–Trinajstić information content (AvgIpc) is 2.81. The number of methoxy groups -OCH3 is 1. The summed E-state index contributed by atoms with van der Waals surface area (Å²) in [5.41, 5.74) is 1.76. The fourth-order valence-electron chi connectivity index (χ4n) is 1.34. The van der Waals surface area contributed by atoms with Crippen molar-refractivity contribution in [1.82, 2.24) is 10.2 Å². The Kier molecular flexibility index (Phi) is 4.35. The summed E-state index contributed by atoms with van der Waals surface area (Å²) in [6.45, 7) is 0.388. The molecule has 2 aromatic rings. The Balaban J connectivity index is 1.88. The van der Waals surface area contributed by atoms with Gasteiger partial charge in [-0.25, -0.2) is 0 Å². The quantitative estimate of drug-likeness (QED) is 0.682. The Morgan fingerprint density at radius 1 is 1.50 bits per heavy atom. The molecule has 5 nitrogen and oxygen atoms in total. The van der Waals surface area contributed by atoms with Gasteiger partial charge in [0.15, 0.2) is 0 Å². The second kappa shape index (κ2) is 6.20. The Morgan fingerprint density at radius 3 is 3.11 bits per heavy atom. The van der Waals surface area contributed by atoms with Gasteiger partial charge in [-0.2, -0.15) is 5.10 Å². The van der Waals surface area contributed by atoms with E-state index in [9.17, 15) is 0 Å². The molecule has 6 heteroatoms. The standard InChI is InChI=1S/C12H12BrN3O2/c1-17-10-4-2-3-9(5-10)8-18-15-7-12-11(13)6-14-16-12/h2-7H,8H2,1H3,(H,14,16)/b15-7+. The van der Waals surface area contributed by atoms with E-state index in [1.807, 2.05) is 24.3 Å². The second-order valence-electron chi connectivity index (χ2n) is 3.49. The average molecular weight is 310 g/mol. The number of H-pyrrole nitrogens is 1. The molecule has 0 saturated heterocycles. The molecule has 0 amide bonds. The number of aromatic amines is 1. The number of hydrogen-bond donors (Lipinski definition) is 1. The minimum atomic E-state index is 0.388. The number of aromatic nitrogens is 2. The highest BCUT2D eigenvalue weighted by Gasteiger charge is 1.98. The smallest absolute Gasteiger partial charge is 0.142 e. The summed E-state index contributed by atoms with van der Waals surface area (Å²) in [4.78, 5) is 5.19. The van der Waals surface area contributed by atoms with Gasteiger partial charge in [0.25, 0.3) is 0 Å². The van der Waals surface area contributed by atoms with Crippen LogP contribution < -0.4 is 4.74 Å². The summed E-state index contributed by atoms with van der Waals surface area (Å²) >= 11 is 3.33. The minimum Gasteiger partial charge on any atom is -0.497 e. The van der Waals surface area contributed by atoms with Crippen molar-refractivity contribution in [3.05, 3.63) is 46.2 Å². The highest BCUT2D eigenvalue weighted by molar-refractivity contribution is 9.10. The molecule has 1 aromatic heterocycles. The number of nitrogens with one attached hydrogen (secondary N) is 1. The fraction of sp³-hybridized carbons (Fsp3) is 0.167. The monoisotopic (exact) mass is 309 g/mol. The zero-order valence-corrected chi connectivity index (χ0v) is 11.3. The van der Waals surface area contributed by atoms with Crippen molar-refractivity contribution < 1.29 is 9.57 Å². The van der Waals surface area contributed by atoms with E-state index in [2.05, 4.69) is 31.3 Å². The first-order chi connectivity index (χ1) is 8.79. The van der Waals surface area contributed by atoms with Crippen LogP contribution in [0.4, 0.5) is 0 Å². The van der Waals surface area contributed by atoms with Crippen molar-refractivity contribution in [1.29, 1.82) is 0 Å². The zero-order valence-electron chi connectivity index (χ0n) is 9.76. The Bertz CT molecular complexity index is 540. The van der Waals surface area contributed by atoms with Crippen LogP contribution in [0.1, 0.15) is 11.3 Å². The molecule has 0 spiro atoms. The first kappa shape index (κ1) is 12.6. The number of nitrogens with zero attached hydrogens (tertiary/aromatic N) is 2. The van der Waals surface area contributed by atoms with Gasteiger partial charge in [0, 0.05) is 0 Å². The van der Waals surface area contributed by atoms with E-state index >= 15 is 0 Å². The molecule has 1 N–H and O–H groups in total. The highest BCUT2D eigenvalue weighted by atomic mass is 79.9. The number of oxime groups is 1. The Morgan fingerprint density at radius 2 is 2.39 bits per heavy atom. The number of benzene rings is 1. The lowest BCUT2D eigenvalue weighted by Crippen LogP contribution is -1.90. The van der Waals surface area contributed by atoms with Crippen LogP contribution in [-0.2, 0) is 11.4 Å². The molecule has 1 heterocycles. The fourth-order valence-corrected chi connectivity index (χ4v) is 1.63. The third-order valence-corrected chi connectivity index (χ3v) is 2.87. The van der Waals surface area contributed by atoms with Crippen LogP contribution in [0.15, 0.2) is 40.1 Å². The molecule has 0 atom stereocenters. The molecule has 0 saturated carbocycles. The largest absolute Gasteiger partial charge is 0.497 e. The SMILES string of the molecule is COc1cccc(CO/N=C/c2[nH]ncc2Br)c1. The third kappa shape index (κ3) is 3.33. The van der Waals surface area contributed by atoms with Gasteiger partial charge in [-0.15, -0.1) is 0 Å². The predicted molar refractivity (Wildman–Crippen MR) is 71.7 cm³/mol. The molecular formula is C12H12BrN3O2. The molecule has 0 unspecified atom stereocenters. The molecule has 0 radical (unpaired) electrons. The summed E-state index contributed by atoms with van der Waals surface area (Å²) in [6, 6.07) is 7.65. The summed E-state index contributed by atoms with van der Waals surface area (Å²) < 4.78 is 5.97. The first-order valence-corrected chi connectivity index (χ1v) is 6.06. The maximum atomic E-state index is 5.19. The molecule has 0 aliphatic rings. The molecule has 0 aliphatic carbocycles. The Hall–Kier alpha value is -1.82. The second-order valence-corrected chi connectivity index (χ2v) is 4.35. The molecule has 18 heavy (non-hydrogen) atoms. The predicted octanol–water partition coefficient (Wildman–Crippen LogP) is 2.73. The van der Waals surface area contributed by atoms with Crippen molar-refractivity contribution in [3.63, 3.8) is 0 Å². The van der Waals surface area contributed by atoms with Crippen LogP contribution in [0.3, 0.4) is 0 Å². The van der Waals surface area contributed by atoms with Gasteiger partial charge in [0.1, 0.15) is 12.4 Å². The van der Waals surface area contributed by atoms with Crippen molar-refractivity contribution in [2.75, 3.05) is 7.11 Å². The van der Waals surface area contributed by atoms with Crippen molar-refractivity contribution in [2.45, 2.75) is 6.61 Å². The lowest BCUT2D eigenvalue weighted by Gasteiger charge is -2.02. The zero-order chi connectivity index (χ0) is 12.8. The van der Waals surface area contributed by atoms with E-state index < -0.39 is 0 Å². The van der Waals surface area contributed by atoms with Crippen molar-refractivity contribution >= 4 is 22.1 Å². The van der Waals surface area contributed by atoms with Crippen LogP contribution in [0.2, 0.25) is 0 Å². The van der Waals surface area contributed by atoms with E-state index in [0.29, 0.717) is 6.61 Å². The number of ether oxygens (including phenoxy) is 1. The van der Waals surface area contributed by atoms with E-state index in [1.54, 1.807) is 19.5 Å². The van der Waals surface area contributed by atoms with Gasteiger partial charge in [-0.05, 0) is 33.6 Å². The topological polar surface area (TPSA) is 59.5 Å². The van der Waals surface area contributed by atoms with Gasteiger partial charge in [-0.3, -0.25) is 5.10 Å². The molecule has 0 aliphatic heterocycles. The van der Waals surface area contributed by atoms with E-state index in [4.69, 9.17) is 9.57 Å². The van der Waals surface area contributed by atoms with Crippen LogP contribution in [0.5, 0.6) is 5.75 Å². The van der Waals surface area contributed by atoms with Crippen LogP contribution in [0.25, 0.3) is 0 Å². The van der Waals surface area contributed by atoms with Crippen LogP contribution >= 0.6 is 15.9 Å². The van der Waals surface area contributed by atoms with Gasteiger partial charge < -0.3 is 9.57 Å². The summed E-state index contributed by atoms with van der Waals surface area (Å²) in [7, 11) is 1.63. The van der Waals surface area contributed by atoms with Crippen molar-refractivity contribution in [2.24, 2.45) is 5.16 Å². The maximum absolute atomic E-state index is 5.19. The highest BCUT2D eigenvalue weighted by Crippen LogP contribution is 2.13.